The van der Waals surface area contributed by atoms with Gasteiger partial charge in [-0.1, -0.05) is 292 Å². The quantitative estimate of drug-likeness (QED) is 0.0222. The van der Waals surface area contributed by atoms with Gasteiger partial charge in [-0.05, 0) is 43.4 Å². The SMILES string of the molecule is CCCCCCCCCCCC(=O)OC[C@H](COP(=O)(O)OC[C@H](O)COP(=O)(O)OC[C@@H](COC(=O)CCCCCCCCCCCCCCC(C)C)OC(=O)CCCCCCCCCCCCCCC(C)C)OC(=O)CCCCCCCCC(C)C. The molecule has 0 aromatic carbocycles. The molecule has 19 heteroatoms. The van der Waals surface area contributed by atoms with Crippen molar-refractivity contribution in [1.29, 1.82) is 0 Å². The molecule has 3 N–H and O–H groups in total. The summed E-state index contributed by atoms with van der Waals surface area (Å²) >= 11 is 0. The summed E-state index contributed by atoms with van der Waals surface area (Å²) in [7, 11) is -9.90. The Kier molecular flexibility index (Phi) is 58.7. The van der Waals surface area contributed by atoms with Crippen molar-refractivity contribution in [3.05, 3.63) is 0 Å². The number of aliphatic hydroxyl groups excluding tert-OH is 1. The third-order valence-electron chi connectivity index (χ3n) is 15.9. The molecule has 0 saturated carbocycles. The first-order chi connectivity index (χ1) is 42.2. The summed E-state index contributed by atoms with van der Waals surface area (Å²) in [5.74, 6) is 0.0956. The highest BCUT2D eigenvalue weighted by Crippen LogP contribution is 2.45. The average molecular weight is 1300 g/mol. The number of esters is 4. The van der Waals surface area contributed by atoms with Crippen LogP contribution >= 0.6 is 15.6 Å². The van der Waals surface area contributed by atoms with Gasteiger partial charge in [0.1, 0.15) is 19.3 Å². The molecule has 5 atom stereocenters. The smallest absolute Gasteiger partial charge is 0.462 e. The van der Waals surface area contributed by atoms with Gasteiger partial charge in [-0.2, -0.15) is 0 Å². The Labute approximate surface area is 537 Å². The number of phosphoric ester groups is 2. The van der Waals surface area contributed by atoms with E-state index < -0.39 is 97.5 Å². The molecule has 0 aliphatic rings. The molecule has 0 bridgehead atoms. The first-order valence-corrected chi connectivity index (χ1v) is 38.8. The van der Waals surface area contributed by atoms with Crippen molar-refractivity contribution in [2.24, 2.45) is 17.8 Å². The van der Waals surface area contributed by atoms with Crippen LogP contribution in [-0.2, 0) is 65.4 Å². The van der Waals surface area contributed by atoms with Crippen LogP contribution in [0.1, 0.15) is 344 Å². The lowest BCUT2D eigenvalue weighted by atomic mass is 10.0. The second-order valence-electron chi connectivity index (χ2n) is 26.3. The average Bonchev–Trinajstić information content (AvgIpc) is 3.57. The normalized spacial score (nSPS) is 14.2. The lowest BCUT2D eigenvalue weighted by molar-refractivity contribution is -0.161. The third-order valence-corrected chi connectivity index (χ3v) is 17.8. The Morgan fingerprint density at radius 2 is 0.523 bits per heavy atom. The maximum Gasteiger partial charge on any atom is 0.472 e. The zero-order chi connectivity index (χ0) is 65.2. The summed E-state index contributed by atoms with van der Waals surface area (Å²) in [6.45, 7) is 11.8. The number of aliphatic hydroxyl groups is 1. The highest BCUT2D eigenvalue weighted by molar-refractivity contribution is 7.47. The number of ether oxygens (including phenoxy) is 4. The van der Waals surface area contributed by atoms with Gasteiger partial charge in [0.2, 0.25) is 0 Å². The number of phosphoric acid groups is 2. The Hall–Kier alpha value is -1.94. The van der Waals surface area contributed by atoms with Crippen LogP contribution in [0.2, 0.25) is 0 Å². The van der Waals surface area contributed by atoms with E-state index in [9.17, 15) is 43.2 Å². The van der Waals surface area contributed by atoms with Crippen molar-refractivity contribution in [2.75, 3.05) is 39.6 Å². The highest BCUT2D eigenvalue weighted by Gasteiger charge is 2.30. The fourth-order valence-electron chi connectivity index (χ4n) is 10.4. The van der Waals surface area contributed by atoms with Gasteiger partial charge in [0.25, 0.3) is 0 Å². The fraction of sp³-hybridized carbons (Fsp3) is 0.942. The van der Waals surface area contributed by atoms with E-state index in [-0.39, 0.29) is 25.7 Å². The van der Waals surface area contributed by atoms with Gasteiger partial charge in [-0.15, -0.1) is 0 Å². The van der Waals surface area contributed by atoms with Gasteiger partial charge in [0, 0.05) is 25.7 Å². The van der Waals surface area contributed by atoms with Gasteiger partial charge in [0.15, 0.2) is 12.2 Å². The molecule has 0 amide bonds. The molecule has 522 valence electrons. The van der Waals surface area contributed by atoms with Crippen molar-refractivity contribution >= 4 is 39.5 Å². The Balaban J connectivity index is 5.22. The predicted molar refractivity (Wildman–Crippen MR) is 354 cm³/mol. The molecule has 0 saturated heterocycles. The first kappa shape index (κ1) is 86.1. The summed E-state index contributed by atoms with van der Waals surface area (Å²) in [5, 5.41) is 10.6. The third kappa shape index (κ3) is 62.8. The molecular weight excluding hydrogens is 1160 g/mol. The number of hydrogen-bond donors (Lipinski definition) is 3. The van der Waals surface area contributed by atoms with E-state index in [2.05, 4.69) is 48.5 Å². The van der Waals surface area contributed by atoms with Crippen LogP contribution in [0.15, 0.2) is 0 Å². The minimum atomic E-state index is -4.95. The van der Waals surface area contributed by atoms with Crippen molar-refractivity contribution < 1.29 is 80.2 Å². The molecule has 0 heterocycles. The molecule has 0 spiro atoms. The zero-order valence-electron chi connectivity index (χ0n) is 57.2. The van der Waals surface area contributed by atoms with E-state index >= 15 is 0 Å². The Bertz CT molecular complexity index is 1730. The van der Waals surface area contributed by atoms with E-state index in [1.165, 1.54) is 154 Å². The van der Waals surface area contributed by atoms with Gasteiger partial charge in [0.05, 0.1) is 26.4 Å². The van der Waals surface area contributed by atoms with E-state index in [1.54, 1.807) is 0 Å². The molecule has 17 nitrogen and oxygen atoms in total. The maximum absolute atomic E-state index is 13.0. The molecule has 0 aliphatic carbocycles. The Morgan fingerprint density at radius 1 is 0.307 bits per heavy atom. The second kappa shape index (κ2) is 60.0. The van der Waals surface area contributed by atoms with Gasteiger partial charge < -0.3 is 33.8 Å². The van der Waals surface area contributed by atoms with Crippen molar-refractivity contribution in [1.82, 2.24) is 0 Å². The first-order valence-electron chi connectivity index (χ1n) is 35.8. The molecule has 0 aromatic rings. The zero-order valence-corrected chi connectivity index (χ0v) is 59.0. The second-order valence-corrected chi connectivity index (χ2v) is 29.3. The molecule has 0 fully saturated rings. The van der Waals surface area contributed by atoms with Crippen LogP contribution in [0.5, 0.6) is 0 Å². The van der Waals surface area contributed by atoms with Gasteiger partial charge >= 0.3 is 39.5 Å². The minimum absolute atomic E-state index is 0.102. The van der Waals surface area contributed by atoms with Crippen LogP contribution in [-0.4, -0.2) is 96.7 Å². The monoisotopic (exact) mass is 1300 g/mol. The molecule has 0 aliphatic heterocycles. The van der Waals surface area contributed by atoms with Crippen LogP contribution in [0, 0.1) is 17.8 Å². The summed E-state index contributed by atoms with van der Waals surface area (Å²) in [5.41, 5.74) is 0. The summed E-state index contributed by atoms with van der Waals surface area (Å²) in [6.07, 6.45) is 43.2. The van der Waals surface area contributed by atoms with Crippen molar-refractivity contribution in [2.45, 2.75) is 362 Å². The number of hydrogen-bond acceptors (Lipinski definition) is 15. The molecule has 88 heavy (non-hydrogen) atoms. The lowest BCUT2D eigenvalue weighted by Gasteiger charge is -2.21. The van der Waals surface area contributed by atoms with E-state index in [4.69, 9.17) is 37.0 Å². The summed E-state index contributed by atoms with van der Waals surface area (Å²) in [6, 6.07) is 0. The van der Waals surface area contributed by atoms with Crippen LogP contribution in [0.4, 0.5) is 0 Å². The van der Waals surface area contributed by atoms with Gasteiger partial charge in [-0.3, -0.25) is 37.3 Å². The standard InChI is InChI=1S/C69H134O17P2/c1-8-9-10-11-12-21-28-36-43-50-66(71)79-57-65(86-69(74)53-46-39-32-31-35-42-49-62(6)7)59-84-88(77,78)82-55-63(70)54-81-87(75,76)83-58-64(85-68(73)52-45-38-30-25-20-16-14-18-23-27-34-41-48-61(4)5)56-80-67(72)51-44-37-29-24-19-15-13-17-22-26-33-40-47-60(2)3/h60-65,70H,8-59H2,1-7H3,(H,75,76)(H,77,78)/t63-,64-,65-/m1/s1. The number of unbranched alkanes of at least 4 members (excludes halogenated alkanes) is 35. The fourth-order valence-corrected chi connectivity index (χ4v) is 11.9. The lowest BCUT2D eigenvalue weighted by Crippen LogP contribution is -2.30. The van der Waals surface area contributed by atoms with Crippen molar-refractivity contribution in [3.63, 3.8) is 0 Å². The van der Waals surface area contributed by atoms with Crippen LogP contribution in [0.3, 0.4) is 0 Å². The highest BCUT2D eigenvalue weighted by atomic mass is 31.2. The topological polar surface area (TPSA) is 237 Å². The van der Waals surface area contributed by atoms with E-state index in [0.717, 1.165) is 102 Å². The predicted octanol–water partition coefficient (Wildman–Crippen LogP) is 19.5. The molecule has 0 aromatic heterocycles. The molecular formula is C69H134O17P2. The number of carbonyl (C=O) groups is 4. The van der Waals surface area contributed by atoms with Crippen LogP contribution < -0.4 is 0 Å². The van der Waals surface area contributed by atoms with E-state index in [1.807, 2.05) is 0 Å². The summed E-state index contributed by atoms with van der Waals surface area (Å²) < 4.78 is 68.2. The Morgan fingerprint density at radius 3 is 0.773 bits per heavy atom. The minimum Gasteiger partial charge on any atom is -0.462 e. The van der Waals surface area contributed by atoms with Gasteiger partial charge in [-0.25, -0.2) is 9.13 Å². The summed E-state index contributed by atoms with van der Waals surface area (Å²) in [4.78, 5) is 72.4. The largest absolute Gasteiger partial charge is 0.472 e. The van der Waals surface area contributed by atoms with E-state index in [0.29, 0.717) is 31.6 Å². The molecule has 0 rings (SSSR count). The maximum atomic E-state index is 13.0. The van der Waals surface area contributed by atoms with Crippen LogP contribution in [0.25, 0.3) is 0 Å². The van der Waals surface area contributed by atoms with Crippen molar-refractivity contribution in [3.8, 4) is 0 Å². The number of rotatable bonds is 67. The molecule has 0 radical (unpaired) electrons. The number of carbonyl (C=O) groups excluding carboxylic acids is 4. The molecule has 2 unspecified atom stereocenters.